The molecule has 30 heavy (non-hydrogen) atoms. The minimum atomic E-state index is -0.565. The number of aryl methyl sites for hydroxylation is 1. The summed E-state index contributed by atoms with van der Waals surface area (Å²) in [6, 6.07) is 10.1. The van der Waals surface area contributed by atoms with Crippen LogP contribution in [0.4, 0.5) is 17.1 Å². The Hall–Kier alpha value is -3.80. The van der Waals surface area contributed by atoms with Crippen LogP contribution in [0.15, 0.2) is 65.7 Å². The number of nitrogens with zero attached hydrogens (tertiary/aromatic N) is 4. The van der Waals surface area contributed by atoms with Crippen LogP contribution in [0.2, 0.25) is 0 Å². The van der Waals surface area contributed by atoms with E-state index in [1.807, 2.05) is 31.2 Å². The zero-order valence-corrected chi connectivity index (χ0v) is 17.2. The zero-order chi connectivity index (χ0) is 22.3. The average molecular weight is 478 g/mol. The predicted molar refractivity (Wildman–Crippen MR) is 110 cm³/mol. The lowest BCUT2D eigenvalue weighted by Gasteiger charge is -2.07. The van der Waals surface area contributed by atoms with E-state index in [1.165, 1.54) is 6.07 Å². The fraction of sp³-hybridized carbons (Fsp3) is 0.111. The maximum atomic E-state index is 11.2. The number of rotatable bonds is 5. The summed E-state index contributed by atoms with van der Waals surface area (Å²) in [4.78, 5) is 20.0. The molecule has 1 N–H and O–H groups in total. The fourth-order valence-corrected chi connectivity index (χ4v) is 2.74. The number of hydrogen-bond acceptors (Lipinski definition) is 7. The second kappa shape index (κ2) is 10.1. The van der Waals surface area contributed by atoms with E-state index in [0.717, 1.165) is 42.0 Å². The highest BCUT2D eigenvalue weighted by molar-refractivity contribution is 9.10. The van der Waals surface area contributed by atoms with E-state index in [0.29, 0.717) is 16.0 Å². The summed E-state index contributed by atoms with van der Waals surface area (Å²) in [5.74, 6) is 0. The van der Waals surface area contributed by atoms with E-state index in [4.69, 9.17) is 0 Å². The van der Waals surface area contributed by atoms with Crippen molar-refractivity contribution in [2.45, 2.75) is 13.5 Å². The van der Waals surface area contributed by atoms with Crippen molar-refractivity contribution in [2.75, 3.05) is 5.32 Å². The summed E-state index contributed by atoms with van der Waals surface area (Å²) >= 11 is 2.89. The molecule has 12 heteroatoms. The predicted octanol–water partition coefficient (Wildman–Crippen LogP) is 3.14. The van der Waals surface area contributed by atoms with E-state index in [2.05, 4.69) is 21.2 Å². The first-order valence-electron chi connectivity index (χ1n) is 8.36. The van der Waals surface area contributed by atoms with Crippen LogP contribution in [0, 0.1) is 37.6 Å². The lowest BCUT2D eigenvalue weighted by molar-refractivity contribution is -0.606. The molecule has 0 saturated carbocycles. The molecule has 0 aliphatic heterocycles. The number of hydrogen-bond donors (Lipinski definition) is 1. The number of halogens is 1. The monoisotopic (exact) mass is 477 g/mol. The molecule has 1 aromatic carbocycles. The molecule has 0 atom stereocenters. The molecule has 11 nitrogen and oxygen atoms in total. The van der Waals surface area contributed by atoms with Gasteiger partial charge in [0.15, 0.2) is 22.6 Å². The molecule has 3 rings (SSSR count). The van der Waals surface area contributed by atoms with Crippen LogP contribution in [-0.2, 0) is 6.54 Å². The average Bonchev–Trinajstić information content (AvgIpc) is 2.67. The van der Waals surface area contributed by atoms with Gasteiger partial charge in [0.25, 0.3) is 5.69 Å². The van der Waals surface area contributed by atoms with Gasteiger partial charge >= 0.3 is 5.69 Å². The minimum absolute atomic E-state index is 0.112. The van der Waals surface area contributed by atoms with Crippen LogP contribution in [0.1, 0.15) is 11.1 Å². The number of pyridine rings is 2. The summed E-state index contributed by atoms with van der Waals surface area (Å²) < 4.78 is 1.20. The highest BCUT2D eigenvalue weighted by Crippen LogP contribution is 2.22. The van der Waals surface area contributed by atoms with Gasteiger partial charge in [0, 0.05) is 6.54 Å². The summed E-state index contributed by atoms with van der Waals surface area (Å²) in [7, 11) is 0. The first kappa shape index (κ1) is 22.5. The van der Waals surface area contributed by atoms with E-state index in [1.54, 1.807) is 0 Å². The van der Waals surface area contributed by atoms with Crippen molar-refractivity contribution in [3.05, 3.63) is 107 Å². The number of benzene rings is 1. The molecule has 0 spiro atoms. The molecular weight excluding hydrogens is 462 g/mol. The molecule has 156 valence electrons. The third-order valence-corrected chi connectivity index (χ3v) is 4.38. The van der Waals surface area contributed by atoms with Gasteiger partial charge in [0.2, 0.25) is 12.4 Å². The van der Waals surface area contributed by atoms with Crippen molar-refractivity contribution < 1.29 is 19.3 Å². The Labute approximate surface area is 178 Å². The van der Waals surface area contributed by atoms with Crippen molar-refractivity contribution >= 4 is 33.0 Å². The van der Waals surface area contributed by atoms with E-state index >= 15 is 0 Å². The number of nitro groups is 2. The Morgan fingerprint density at radius 2 is 1.43 bits per heavy atom. The normalized spacial score (nSPS) is 9.93. The maximum Gasteiger partial charge on any atom is 0.304 e. The van der Waals surface area contributed by atoms with Gasteiger partial charge in [-0.15, -0.1) is 0 Å². The maximum absolute atomic E-state index is 11.2. The third-order valence-electron chi connectivity index (χ3n) is 3.77. The van der Waals surface area contributed by atoms with E-state index < -0.39 is 9.85 Å². The van der Waals surface area contributed by atoms with Gasteiger partial charge in [-0.2, -0.15) is 9.46 Å². The van der Waals surface area contributed by atoms with E-state index in [-0.39, 0.29) is 21.5 Å². The highest BCUT2D eigenvalue weighted by atomic mass is 79.9. The van der Waals surface area contributed by atoms with Gasteiger partial charge in [-0.1, -0.05) is 29.8 Å². The van der Waals surface area contributed by atoms with Crippen molar-refractivity contribution in [1.29, 1.82) is 0 Å². The van der Waals surface area contributed by atoms with Gasteiger partial charge in [-0.3, -0.25) is 20.2 Å². The third kappa shape index (κ3) is 6.38. The Morgan fingerprint density at radius 1 is 0.900 bits per heavy atom. The molecule has 0 bridgehead atoms. The van der Waals surface area contributed by atoms with Gasteiger partial charge in [-0.05, 0) is 28.4 Å². The topological polar surface area (TPSA) is 152 Å². The fourth-order valence-electron chi connectivity index (χ4n) is 2.26. The van der Waals surface area contributed by atoms with Gasteiger partial charge in [-0.25, -0.2) is 0 Å². The molecule has 2 aromatic heterocycles. The summed E-state index contributed by atoms with van der Waals surface area (Å²) in [5.41, 5.74) is 2.12. The smallest absolute Gasteiger partial charge is 0.304 e. The summed E-state index contributed by atoms with van der Waals surface area (Å²) in [6.45, 7) is 2.41. The van der Waals surface area contributed by atoms with E-state index in [9.17, 15) is 30.6 Å². The first-order chi connectivity index (χ1) is 14.2. The van der Waals surface area contributed by atoms with Crippen LogP contribution in [0.3, 0.4) is 0 Å². The molecule has 0 aliphatic rings. The van der Waals surface area contributed by atoms with Crippen molar-refractivity contribution in [3.63, 3.8) is 0 Å². The molecule has 0 saturated heterocycles. The van der Waals surface area contributed by atoms with Gasteiger partial charge in [0.05, 0.1) is 22.0 Å². The zero-order valence-electron chi connectivity index (χ0n) is 15.6. The van der Waals surface area contributed by atoms with Gasteiger partial charge in [0.1, 0.15) is 0 Å². The Bertz CT molecular complexity index is 1060. The van der Waals surface area contributed by atoms with Crippen LogP contribution in [0.5, 0.6) is 0 Å². The number of nitrogens with one attached hydrogen (secondary N) is 1. The van der Waals surface area contributed by atoms with Crippen molar-refractivity contribution in [1.82, 2.24) is 0 Å². The SMILES string of the molecule is Cc1ccc(CNc2c[n+]([O-])ccc2[N+](=O)[O-])cc1.O=[N+]([O-])c1cc[n+]([O-])cc1Br. The summed E-state index contributed by atoms with van der Waals surface area (Å²) in [6.07, 6.45) is 4.42. The molecular formula is C18H16BrN5O6. The summed E-state index contributed by atoms with van der Waals surface area (Å²) in [5, 5.41) is 45.7. The minimum Gasteiger partial charge on any atom is -0.619 e. The lowest BCUT2D eigenvalue weighted by Crippen LogP contribution is -2.25. The van der Waals surface area contributed by atoms with Crippen LogP contribution < -0.4 is 14.8 Å². The molecule has 0 radical (unpaired) electrons. The molecule has 0 aliphatic carbocycles. The Balaban J connectivity index is 0.000000248. The Kier molecular flexibility index (Phi) is 7.58. The van der Waals surface area contributed by atoms with Crippen molar-refractivity contribution in [3.8, 4) is 0 Å². The lowest BCUT2D eigenvalue weighted by atomic mass is 10.1. The molecule has 0 unspecified atom stereocenters. The second-order valence-electron chi connectivity index (χ2n) is 5.99. The highest BCUT2D eigenvalue weighted by Gasteiger charge is 2.16. The second-order valence-corrected chi connectivity index (χ2v) is 6.85. The first-order valence-corrected chi connectivity index (χ1v) is 9.16. The molecule has 0 fully saturated rings. The van der Waals surface area contributed by atoms with Crippen LogP contribution in [-0.4, -0.2) is 9.85 Å². The number of aromatic nitrogens is 2. The van der Waals surface area contributed by atoms with Crippen LogP contribution in [0.25, 0.3) is 0 Å². The molecule has 0 amide bonds. The standard InChI is InChI=1S/C13H13N3O3.C5H3BrN2O3/c1-10-2-4-11(5-3-10)8-14-12-9-15(17)7-6-13(12)16(18)19;6-4-3-7(9)2-1-5(4)8(10)11/h2-7,9,14H,8H2,1H3;1-3H. The number of anilines is 1. The molecule has 2 heterocycles. The largest absolute Gasteiger partial charge is 0.619 e. The van der Waals surface area contributed by atoms with Gasteiger partial charge < -0.3 is 15.7 Å². The van der Waals surface area contributed by atoms with Crippen molar-refractivity contribution in [2.24, 2.45) is 0 Å². The quantitative estimate of drug-likeness (QED) is 0.256. The van der Waals surface area contributed by atoms with Crippen LogP contribution >= 0.6 is 15.9 Å². The molecule has 3 aromatic rings. The Morgan fingerprint density at radius 3 is 1.97 bits per heavy atom.